The molecule has 0 aliphatic heterocycles. The van der Waals surface area contributed by atoms with Crippen LogP contribution in [0.3, 0.4) is 0 Å². The van der Waals surface area contributed by atoms with Crippen LogP contribution >= 0.6 is 22.9 Å². The van der Waals surface area contributed by atoms with Crippen LogP contribution in [0.4, 0.5) is 0 Å². The van der Waals surface area contributed by atoms with E-state index in [4.69, 9.17) is 11.6 Å². The lowest BCUT2D eigenvalue weighted by molar-refractivity contribution is 0.868. The molecule has 0 N–H and O–H groups in total. The quantitative estimate of drug-likeness (QED) is 0.782. The smallest absolute Gasteiger partial charge is 0.142 e. The van der Waals surface area contributed by atoms with E-state index in [1.54, 1.807) is 0 Å². The molecule has 0 aliphatic rings. The van der Waals surface area contributed by atoms with Crippen molar-refractivity contribution in [1.29, 1.82) is 0 Å². The lowest BCUT2D eigenvalue weighted by Gasteiger charge is -2.06. The summed E-state index contributed by atoms with van der Waals surface area (Å²) in [4.78, 5) is 0. The molecule has 2 nitrogen and oxygen atoms in total. The molecule has 0 fully saturated rings. The molecule has 1 aromatic heterocycles. The van der Waals surface area contributed by atoms with E-state index in [1.165, 1.54) is 16.9 Å². The molecule has 4 heteroatoms. The third-order valence-corrected chi connectivity index (χ3v) is 3.29. The minimum absolute atomic E-state index is 0.265. The lowest BCUT2D eigenvalue weighted by atomic mass is 10.0. The van der Waals surface area contributed by atoms with Gasteiger partial charge in [0.15, 0.2) is 0 Å². The van der Waals surface area contributed by atoms with Crippen molar-refractivity contribution in [3.8, 4) is 0 Å². The maximum Gasteiger partial charge on any atom is 0.207 e. The zero-order valence-electron chi connectivity index (χ0n) is 7.64. The van der Waals surface area contributed by atoms with E-state index in [2.05, 4.69) is 29.3 Å². The number of halogens is 1. The van der Waals surface area contributed by atoms with Gasteiger partial charge in [0.2, 0.25) is 4.47 Å². The fourth-order valence-electron chi connectivity index (χ4n) is 1.27. The molecule has 1 aromatic carbocycles. The van der Waals surface area contributed by atoms with Gasteiger partial charge in [-0.05, 0) is 17.2 Å². The summed E-state index contributed by atoms with van der Waals surface area (Å²) in [5.41, 5.74) is 1.24. The Bertz CT molecular complexity index is 413. The van der Waals surface area contributed by atoms with Crippen molar-refractivity contribution in [2.24, 2.45) is 0 Å². The molecule has 0 saturated carbocycles. The zero-order chi connectivity index (χ0) is 9.97. The Morgan fingerprint density at radius 1 is 1.21 bits per heavy atom. The SMILES string of the molecule is CC(c1ccccc1)c1nnc(Cl)s1. The van der Waals surface area contributed by atoms with Crippen molar-refractivity contribution in [3.05, 3.63) is 45.4 Å². The second kappa shape index (κ2) is 4.07. The van der Waals surface area contributed by atoms with Gasteiger partial charge in [-0.1, -0.05) is 48.6 Å². The molecule has 2 aromatic rings. The minimum Gasteiger partial charge on any atom is -0.142 e. The van der Waals surface area contributed by atoms with E-state index >= 15 is 0 Å². The minimum atomic E-state index is 0.265. The van der Waals surface area contributed by atoms with E-state index in [0.717, 1.165) is 5.01 Å². The Morgan fingerprint density at radius 3 is 2.50 bits per heavy atom. The van der Waals surface area contributed by atoms with E-state index in [1.807, 2.05) is 18.2 Å². The van der Waals surface area contributed by atoms with Crippen molar-refractivity contribution in [1.82, 2.24) is 10.2 Å². The average molecular weight is 225 g/mol. The molecule has 2 rings (SSSR count). The Balaban J connectivity index is 2.29. The molecule has 1 heterocycles. The first-order valence-electron chi connectivity index (χ1n) is 4.31. The van der Waals surface area contributed by atoms with Crippen molar-refractivity contribution < 1.29 is 0 Å². The van der Waals surface area contributed by atoms with Crippen molar-refractivity contribution in [2.75, 3.05) is 0 Å². The number of hydrogen-bond acceptors (Lipinski definition) is 3. The zero-order valence-corrected chi connectivity index (χ0v) is 9.22. The first-order valence-corrected chi connectivity index (χ1v) is 5.50. The predicted octanol–water partition coefficient (Wildman–Crippen LogP) is 3.34. The van der Waals surface area contributed by atoms with Crippen LogP contribution in [0.15, 0.2) is 30.3 Å². The van der Waals surface area contributed by atoms with Gasteiger partial charge in [-0.2, -0.15) is 0 Å². The highest BCUT2D eigenvalue weighted by atomic mass is 35.5. The van der Waals surface area contributed by atoms with Crippen LogP contribution < -0.4 is 0 Å². The summed E-state index contributed by atoms with van der Waals surface area (Å²) in [6.45, 7) is 2.10. The fourth-order valence-corrected chi connectivity index (χ4v) is 2.20. The second-order valence-electron chi connectivity index (χ2n) is 3.03. The predicted molar refractivity (Wildman–Crippen MR) is 58.9 cm³/mol. The Labute approximate surface area is 91.6 Å². The van der Waals surface area contributed by atoms with Gasteiger partial charge in [0.05, 0.1) is 0 Å². The topological polar surface area (TPSA) is 25.8 Å². The molecule has 1 atom stereocenters. The van der Waals surface area contributed by atoms with Gasteiger partial charge < -0.3 is 0 Å². The first-order chi connectivity index (χ1) is 6.77. The van der Waals surface area contributed by atoms with Crippen LogP contribution in [-0.2, 0) is 0 Å². The number of benzene rings is 1. The summed E-state index contributed by atoms with van der Waals surface area (Å²) in [6, 6.07) is 10.2. The molecule has 72 valence electrons. The van der Waals surface area contributed by atoms with Gasteiger partial charge in [-0.3, -0.25) is 0 Å². The highest BCUT2D eigenvalue weighted by Gasteiger charge is 2.12. The molecule has 0 amide bonds. The summed E-state index contributed by atoms with van der Waals surface area (Å²) >= 11 is 7.17. The molecule has 0 spiro atoms. The normalized spacial score (nSPS) is 12.7. The van der Waals surface area contributed by atoms with Crippen molar-refractivity contribution in [2.45, 2.75) is 12.8 Å². The summed E-state index contributed by atoms with van der Waals surface area (Å²) < 4.78 is 0.503. The fraction of sp³-hybridized carbons (Fsp3) is 0.200. The van der Waals surface area contributed by atoms with Crippen LogP contribution in [0.2, 0.25) is 4.47 Å². The molecule has 1 unspecified atom stereocenters. The maximum absolute atomic E-state index is 5.74. The van der Waals surface area contributed by atoms with Gasteiger partial charge in [-0.15, -0.1) is 10.2 Å². The van der Waals surface area contributed by atoms with E-state index in [9.17, 15) is 0 Å². The van der Waals surface area contributed by atoms with Gasteiger partial charge >= 0.3 is 0 Å². The lowest BCUT2D eigenvalue weighted by Crippen LogP contribution is -1.94. The van der Waals surface area contributed by atoms with Crippen LogP contribution in [0.1, 0.15) is 23.4 Å². The molecule has 0 aliphatic carbocycles. The van der Waals surface area contributed by atoms with Crippen LogP contribution in [0.25, 0.3) is 0 Å². The summed E-state index contributed by atoms with van der Waals surface area (Å²) in [5.74, 6) is 0.265. The summed E-state index contributed by atoms with van der Waals surface area (Å²) in [5, 5.41) is 8.79. The number of hydrogen-bond donors (Lipinski definition) is 0. The van der Waals surface area contributed by atoms with Crippen molar-refractivity contribution in [3.63, 3.8) is 0 Å². The van der Waals surface area contributed by atoms with Crippen LogP contribution in [0.5, 0.6) is 0 Å². The van der Waals surface area contributed by atoms with Crippen LogP contribution in [0, 0.1) is 0 Å². The van der Waals surface area contributed by atoms with Gasteiger partial charge in [0.1, 0.15) is 5.01 Å². The second-order valence-corrected chi connectivity index (χ2v) is 4.62. The third-order valence-electron chi connectivity index (χ3n) is 2.09. The molecular formula is C10H9ClN2S. The highest BCUT2D eigenvalue weighted by Crippen LogP contribution is 2.27. The van der Waals surface area contributed by atoms with Gasteiger partial charge in [-0.25, -0.2) is 0 Å². The summed E-state index contributed by atoms with van der Waals surface area (Å²) in [7, 11) is 0. The number of nitrogens with zero attached hydrogens (tertiary/aromatic N) is 2. The first kappa shape index (κ1) is 9.62. The largest absolute Gasteiger partial charge is 0.207 e. The molecule has 0 saturated heterocycles. The Kier molecular flexibility index (Phi) is 2.79. The van der Waals surface area contributed by atoms with E-state index in [0.29, 0.717) is 4.47 Å². The standard InChI is InChI=1S/C10H9ClN2S/c1-7(8-5-3-2-4-6-8)9-12-13-10(11)14-9/h2-7H,1H3. The number of aromatic nitrogens is 2. The van der Waals surface area contributed by atoms with Gasteiger partial charge in [0, 0.05) is 5.92 Å². The monoisotopic (exact) mass is 224 g/mol. The highest BCUT2D eigenvalue weighted by molar-refractivity contribution is 7.15. The molecular weight excluding hydrogens is 216 g/mol. The molecule has 0 bridgehead atoms. The Hall–Kier alpha value is -0.930. The van der Waals surface area contributed by atoms with Gasteiger partial charge in [0.25, 0.3) is 0 Å². The molecule has 0 radical (unpaired) electrons. The van der Waals surface area contributed by atoms with Crippen LogP contribution in [-0.4, -0.2) is 10.2 Å². The van der Waals surface area contributed by atoms with E-state index in [-0.39, 0.29) is 5.92 Å². The average Bonchev–Trinajstić information content (AvgIpc) is 2.65. The summed E-state index contributed by atoms with van der Waals surface area (Å²) in [6.07, 6.45) is 0. The van der Waals surface area contributed by atoms with Crippen molar-refractivity contribution >= 4 is 22.9 Å². The Morgan fingerprint density at radius 2 is 1.93 bits per heavy atom. The third kappa shape index (κ3) is 1.94. The maximum atomic E-state index is 5.74. The number of rotatable bonds is 2. The van der Waals surface area contributed by atoms with E-state index < -0.39 is 0 Å². The molecule has 14 heavy (non-hydrogen) atoms.